The lowest BCUT2D eigenvalue weighted by Gasteiger charge is -2.43. The van der Waals surface area contributed by atoms with E-state index in [4.69, 9.17) is 4.74 Å². The van der Waals surface area contributed by atoms with Crippen LogP contribution in [0.3, 0.4) is 0 Å². The van der Waals surface area contributed by atoms with Gasteiger partial charge in [-0.25, -0.2) is 0 Å². The smallest absolute Gasteiger partial charge is 0.232 e. The van der Waals surface area contributed by atoms with Gasteiger partial charge in [0.1, 0.15) is 5.75 Å². The monoisotopic (exact) mass is 418 g/mol. The summed E-state index contributed by atoms with van der Waals surface area (Å²) >= 11 is 0. The second kappa shape index (κ2) is 7.88. The maximum absolute atomic E-state index is 13.5. The minimum absolute atomic E-state index is 0.0131. The van der Waals surface area contributed by atoms with E-state index >= 15 is 0 Å². The van der Waals surface area contributed by atoms with Crippen LogP contribution in [-0.4, -0.2) is 32.9 Å². The number of hydrogen-bond acceptors (Lipinski definition) is 4. The molecule has 31 heavy (non-hydrogen) atoms. The van der Waals surface area contributed by atoms with Crippen molar-refractivity contribution >= 4 is 23.1 Å². The molecule has 5 nitrogen and oxygen atoms in total. The molecule has 0 saturated carbocycles. The molecule has 162 valence electrons. The van der Waals surface area contributed by atoms with Crippen molar-refractivity contribution in [2.24, 2.45) is 5.41 Å². The Kier molecular flexibility index (Phi) is 5.38. The number of anilines is 2. The number of ether oxygens (including phenoxy) is 1. The van der Waals surface area contributed by atoms with E-state index in [0.29, 0.717) is 18.6 Å². The van der Waals surface area contributed by atoms with Crippen LogP contribution in [0.15, 0.2) is 59.8 Å². The van der Waals surface area contributed by atoms with Crippen LogP contribution in [0.5, 0.6) is 5.75 Å². The summed E-state index contributed by atoms with van der Waals surface area (Å²) in [6, 6.07) is 15.7. The Bertz CT molecular complexity index is 1050. The molecule has 0 fully saturated rings. The molecule has 2 aromatic carbocycles. The molecule has 5 heteroatoms. The minimum Gasteiger partial charge on any atom is -0.497 e. The fourth-order valence-corrected chi connectivity index (χ4v) is 4.75. The van der Waals surface area contributed by atoms with Crippen molar-refractivity contribution in [3.63, 3.8) is 0 Å². The lowest BCUT2D eigenvalue weighted by atomic mass is 9.69. The molecule has 0 bridgehead atoms. The number of hydrogen-bond donors (Lipinski definition) is 0. The number of Topliss-reactive ketones (excluding diaryl/α,β-unsaturated/α-hetero) is 1. The highest BCUT2D eigenvalue weighted by molar-refractivity contribution is 6.07. The van der Waals surface area contributed by atoms with Crippen LogP contribution >= 0.6 is 0 Å². The number of nitrogens with zero attached hydrogens (tertiary/aromatic N) is 2. The van der Waals surface area contributed by atoms with Crippen LogP contribution in [0.25, 0.3) is 0 Å². The lowest BCUT2D eigenvalue weighted by Crippen LogP contribution is -2.43. The highest BCUT2D eigenvalue weighted by atomic mass is 16.5. The van der Waals surface area contributed by atoms with Gasteiger partial charge in [-0.3, -0.25) is 14.5 Å². The normalized spacial score (nSPS) is 20.5. The van der Waals surface area contributed by atoms with Crippen molar-refractivity contribution in [2.45, 2.75) is 39.0 Å². The zero-order chi connectivity index (χ0) is 22.3. The van der Waals surface area contributed by atoms with Crippen molar-refractivity contribution in [1.82, 2.24) is 0 Å². The number of carbonyl (C=O) groups excluding carboxylic acids is 2. The van der Waals surface area contributed by atoms with Crippen molar-refractivity contribution in [1.29, 1.82) is 0 Å². The summed E-state index contributed by atoms with van der Waals surface area (Å²) in [6.45, 7) is 4.19. The van der Waals surface area contributed by atoms with Gasteiger partial charge < -0.3 is 9.64 Å². The van der Waals surface area contributed by atoms with Crippen molar-refractivity contribution in [3.05, 3.63) is 65.4 Å². The van der Waals surface area contributed by atoms with Gasteiger partial charge in [0.15, 0.2) is 5.78 Å². The number of carbonyl (C=O) groups is 2. The first-order valence-electron chi connectivity index (χ1n) is 10.7. The standard InChI is InChI=1S/C26H30N2O3/c1-26(2)15-22-25(23(29)16-26)21(17-9-11-18(12-10-17)27(3)4)14-24(30)28(22)19-7-6-8-20(13-19)31-5/h6-13,21H,14-16H2,1-5H3. The molecule has 1 aliphatic heterocycles. The van der Waals surface area contributed by atoms with Crippen LogP contribution in [0.4, 0.5) is 11.4 Å². The summed E-state index contributed by atoms with van der Waals surface area (Å²) in [5, 5.41) is 0. The van der Waals surface area contributed by atoms with Crippen LogP contribution in [0, 0.1) is 5.41 Å². The number of rotatable bonds is 4. The lowest BCUT2D eigenvalue weighted by molar-refractivity contribution is -0.121. The minimum atomic E-state index is -0.204. The predicted octanol–water partition coefficient (Wildman–Crippen LogP) is 4.92. The number of benzene rings is 2. The quantitative estimate of drug-likeness (QED) is 0.707. The van der Waals surface area contributed by atoms with E-state index in [1.807, 2.05) is 67.5 Å². The number of allylic oxidation sites excluding steroid dienone is 2. The van der Waals surface area contributed by atoms with E-state index in [1.54, 1.807) is 12.0 Å². The summed E-state index contributed by atoms with van der Waals surface area (Å²) in [6.07, 6.45) is 1.46. The molecule has 1 aliphatic carbocycles. The van der Waals surface area contributed by atoms with Crippen LogP contribution in [0.2, 0.25) is 0 Å². The van der Waals surface area contributed by atoms with E-state index in [-0.39, 0.29) is 29.4 Å². The molecule has 4 rings (SSSR count). The summed E-state index contributed by atoms with van der Waals surface area (Å²) in [5.41, 5.74) is 4.30. The van der Waals surface area contributed by atoms with E-state index in [9.17, 15) is 9.59 Å². The molecule has 0 saturated heterocycles. The first-order chi connectivity index (χ1) is 14.7. The Morgan fingerprint density at radius 3 is 2.39 bits per heavy atom. The Balaban J connectivity index is 1.85. The van der Waals surface area contributed by atoms with Gasteiger partial charge in [-0.05, 0) is 41.7 Å². The molecule has 2 aliphatic rings. The van der Waals surface area contributed by atoms with Gasteiger partial charge in [0, 0.05) is 55.9 Å². The molecular weight excluding hydrogens is 388 g/mol. The number of ketones is 1. The van der Waals surface area contributed by atoms with Gasteiger partial charge in [-0.15, -0.1) is 0 Å². The fourth-order valence-electron chi connectivity index (χ4n) is 4.75. The van der Waals surface area contributed by atoms with E-state index in [0.717, 1.165) is 28.2 Å². The fraction of sp³-hybridized carbons (Fsp3) is 0.385. The summed E-state index contributed by atoms with van der Waals surface area (Å²) in [5.74, 6) is 0.645. The highest BCUT2D eigenvalue weighted by Crippen LogP contribution is 2.48. The third kappa shape index (κ3) is 3.97. The largest absolute Gasteiger partial charge is 0.497 e. The zero-order valence-corrected chi connectivity index (χ0v) is 18.9. The number of methoxy groups -OCH3 is 1. The molecule has 1 atom stereocenters. The van der Waals surface area contributed by atoms with Gasteiger partial charge in [0.05, 0.1) is 12.8 Å². The Morgan fingerprint density at radius 2 is 1.74 bits per heavy atom. The summed E-state index contributed by atoms with van der Waals surface area (Å²) < 4.78 is 5.37. The van der Waals surface area contributed by atoms with Gasteiger partial charge in [0.25, 0.3) is 0 Å². The van der Waals surface area contributed by atoms with E-state index in [1.165, 1.54) is 0 Å². The molecular formula is C26H30N2O3. The van der Waals surface area contributed by atoms with Gasteiger partial charge >= 0.3 is 0 Å². The summed E-state index contributed by atoms with van der Waals surface area (Å²) in [4.78, 5) is 30.6. The maximum Gasteiger partial charge on any atom is 0.232 e. The van der Waals surface area contributed by atoms with Crippen molar-refractivity contribution in [3.8, 4) is 5.75 Å². The molecule has 0 radical (unpaired) electrons. The predicted molar refractivity (Wildman–Crippen MR) is 124 cm³/mol. The molecule has 0 spiro atoms. The molecule has 1 amide bonds. The van der Waals surface area contributed by atoms with Gasteiger partial charge in [-0.2, -0.15) is 0 Å². The van der Waals surface area contributed by atoms with Crippen LogP contribution in [-0.2, 0) is 9.59 Å². The van der Waals surface area contributed by atoms with Crippen molar-refractivity contribution < 1.29 is 14.3 Å². The average molecular weight is 419 g/mol. The highest BCUT2D eigenvalue weighted by Gasteiger charge is 2.44. The van der Waals surface area contributed by atoms with Crippen LogP contribution < -0.4 is 14.5 Å². The molecule has 0 aromatic heterocycles. The first kappa shape index (κ1) is 21.2. The second-order valence-corrected chi connectivity index (χ2v) is 9.47. The van der Waals surface area contributed by atoms with Gasteiger partial charge in [0.2, 0.25) is 5.91 Å². The molecule has 0 N–H and O–H groups in total. The molecule has 2 aromatic rings. The molecule has 1 unspecified atom stereocenters. The van der Waals surface area contributed by atoms with E-state index < -0.39 is 0 Å². The van der Waals surface area contributed by atoms with E-state index in [2.05, 4.69) is 13.8 Å². The Labute approximate surface area is 184 Å². The van der Waals surface area contributed by atoms with Gasteiger partial charge in [-0.1, -0.05) is 32.0 Å². The second-order valence-electron chi connectivity index (χ2n) is 9.47. The first-order valence-corrected chi connectivity index (χ1v) is 10.7. The molecule has 1 heterocycles. The average Bonchev–Trinajstić information content (AvgIpc) is 2.72. The summed E-state index contributed by atoms with van der Waals surface area (Å²) in [7, 11) is 5.61. The Hall–Kier alpha value is -3.08. The van der Waals surface area contributed by atoms with Crippen molar-refractivity contribution in [2.75, 3.05) is 31.0 Å². The third-order valence-electron chi connectivity index (χ3n) is 6.27. The zero-order valence-electron chi connectivity index (χ0n) is 18.9. The maximum atomic E-state index is 13.5. The van der Waals surface area contributed by atoms with Crippen LogP contribution in [0.1, 0.15) is 44.6 Å². The Morgan fingerprint density at radius 1 is 1.03 bits per heavy atom. The number of amides is 1. The third-order valence-corrected chi connectivity index (χ3v) is 6.27. The topological polar surface area (TPSA) is 49.9 Å². The SMILES string of the molecule is COc1cccc(N2C(=O)CC(c3ccc(N(C)C)cc3)C3=C2CC(C)(C)CC3=O)c1.